The Hall–Kier alpha value is -4.64. The zero-order valence-electron chi connectivity index (χ0n) is 24.7. The molecule has 0 spiro atoms. The fraction of sp³-hybridized carbons (Fsp3) is 0.222. The number of hydrogen-bond acceptors (Lipinski definition) is 5. The van der Waals surface area contributed by atoms with Crippen LogP contribution >= 0.6 is 23.2 Å². The topological polar surface area (TPSA) is 88.2 Å². The van der Waals surface area contributed by atoms with Crippen LogP contribution in [0.15, 0.2) is 95.7 Å². The molecule has 2 aliphatic rings. The summed E-state index contributed by atoms with van der Waals surface area (Å²) in [5.41, 5.74) is 4.50. The number of carbonyl (C=O) groups is 2. The molecule has 0 N–H and O–H groups in total. The lowest BCUT2D eigenvalue weighted by Crippen LogP contribution is -2.49. The number of hydrogen-bond donors (Lipinski definition) is 0. The molecule has 1 fully saturated rings. The summed E-state index contributed by atoms with van der Waals surface area (Å²) in [7, 11) is 0. The van der Waals surface area contributed by atoms with Gasteiger partial charge in [0, 0.05) is 44.5 Å². The predicted octanol–water partition coefficient (Wildman–Crippen LogP) is 8.35. The smallest absolute Gasteiger partial charge is 0.271 e. The van der Waals surface area contributed by atoms with E-state index >= 15 is 0 Å². The number of rotatable bonds is 7. The Morgan fingerprint density at radius 3 is 2.40 bits per heavy atom. The van der Waals surface area contributed by atoms with Crippen molar-refractivity contribution in [2.75, 3.05) is 0 Å². The molecular formula is C36H30Cl2N4O3. The molecular weight excluding hydrogens is 607 g/mol. The summed E-state index contributed by atoms with van der Waals surface area (Å²) in [6, 6.07) is 24.3. The van der Waals surface area contributed by atoms with Crippen LogP contribution < -0.4 is 4.74 Å². The molecule has 7 nitrogen and oxygen atoms in total. The number of amides is 2. The highest BCUT2D eigenvalue weighted by molar-refractivity contribution is 6.35. The van der Waals surface area contributed by atoms with Gasteiger partial charge in [-0.25, -0.2) is 4.68 Å². The summed E-state index contributed by atoms with van der Waals surface area (Å²) >= 11 is 12.3. The molecule has 1 saturated carbocycles. The van der Waals surface area contributed by atoms with E-state index in [0.717, 1.165) is 48.9 Å². The van der Waals surface area contributed by atoms with Gasteiger partial charge in [-0.2, -0.15) is 10.4 Å². The summed E-state index contributed by atoms with van der Waals surface area (Å²) in [5.74, 6) is -0.222. The number of aromatic nitrogens is 2. The SMILES string of the molecule is CC1=C(C#N)C(=O)N(C2CCCCC2)C(=O)/C1=C/c1cn(-c2ccccc2)nc1-c1ccc(OCc2ccc(Cl)cc2Cl)cc1. The van der Waals surface area contributed by atoms with Crippen molar-refractivity contribution < 1.29 is 14.3 Å². The van der Waals surface area contributed by atoms with Crippen molar-refractivity contribution in [2.45, 2.75) is 51.7 Å². The van der Waals surface area contributed by atoms with Crippen molar-refractivity contribution in [1.29, 1.82) is 5.26 Å². The predicted molar refractivity (Wildman–Crippen MR) is 175 cm³/mol. The standard InChI is InChI=1S/C36H30Cl2N4O3/c1-23-31(35(43)42(36(44)32(23)20-39)29-10-6-3-7-11-29)18-26-21-41(28-8-4-2-5-9-28)40-34(26)24-13-16-30(17-14-24)45-22-25-12-15-27(37)19-33(25)38/h2,4-5,8-9,12-19,21,29H,3,6-7,10-11,22H2,1H3/b31-18+. The van der Waals surface area contributed by atoms with Gasteiger partial charge in [0.2, 0.25) is 0 Å². The minimum Gasteiger partial charge on any atom is -0.489 e. The van der Waals surface area contributed by atoms with Crippen molar-refractivity contribution in [3.05, 3.63) is 117 Å². The van der Waals surface area contributed by atoms with Gasteiger partial charge in [-0.1, -0.05) is 66.7 Å². The molecule has 1 aliphatic heterocycles. The van der Waals surface area contributed by atoms with Crippen molar-refractivity contribution >= 4 is 41.1 Å². The zero-order valence-corrected chi connectivity index (χ0v) is 26.2. The largest absolute Gasteiger partial charge is 0.489 e. The number of imide groups is 1. The van der Waals surface area contributed by atoms with E-state index in [1.165, 1.54) is 4.90 Å². The van der Waals surface area contributed by atoms with Crippen LogP contribution in [0.1, 0.15) is 50.2 Å². The first kappa shape index (κ1) is 30.4. The van der Waals surface area contributed by atoms with Gasteiger partial charge in [0.05, 0.1) is 11.4 Å². The number of ether oxygens (including phenoxy) is 1. The van der Waals surface area contributed by atoms with E-state index in [-0.39, 0.29) is 24.1 Å². The van der Waals surface area contributed by atoms with Crippen LogP contribution in [-0.4, -0.2) is 32.5 Å². The molecule has 1 aromatic heterocycles. The second kappa shape index (κ2) is 13.2. The van der Waals surface area contributed by atoms with Crippen molar-refractivity contribution in [3.63, 3.8) is 0 Å². The Morgan fingerprint density at radius 2 is 1.71 bits per heavy atom. The Balaban J connectivity index is 1.37. The molecule has 1 aliphatic carbocycles. The van der Waals surface area contributed by atoms with Crippen molar-refractivity contribution in [2.24, 2.45) is 0 Å². The Kier molecular flexibility index (Phi) is 8.88. The maximum Gasteiger partial charge on any atom is 0.271 e. The lowest BCUT2D eigenvalue weighted by Gasteiger charge is -2.36. The minimum absolute atomic E-state index is 0.00529. The fourth-order valence-corrected chi connectivity index (χ4v) is 6.33. The van der Waals surface area contributed by atoms with E-state index in [1.54, 1.807) is 29.8 Å². The third kappa shape index (κ3) is 6.30. The van der Waals surface area contributed by atoms with Crippen molar-refractivity contribution in [1.82, 2.24) is 14.7 Å². The van der Waals surface area contributed by atoms with Crippen LogP contribution in [0.25, 0.3) is 23.0 Å². The molecule has 226 valence electrons. The maximum atomic E-state index is 13.9. The molecule has 0 bridgehead atoms. The quantitative estimate of drug-likeness (QED) is 0.150. The van der Waals surface area contributed by atoms with Gasteiger partial charge in [-0.05, 0) is 79.9 Å². The third-order valence-electron chi connectivity index (χ3n) is 8.31. The highest BCUT2D eigenvalue weighted by atomic mass is 35.5. The molecule has 0 radical (unpaired) electrons. The van der Waals surface area contributed by atoms with Crippen LogP contribution in [0.3, 0.4) is 0 Å². The highest BCUT2D eigenvalue weighted by Gasteiger charge is 2.40. The molecule has 6 rings (SSSR count). The number of benzene rings is 3. The summed E-state index contributed by atoms with van der Waals surface area (Å²) in [4.78, 5) is 28.6. The molecule has 45 heavy (non-hydrogen) atoms. The average molecular weight is 638 g/mol. The monoisotopic (exact) mass is 636 g/mol. The van der Waals surface area contributed by atoms with E-state index in [0.29, 0.717) is 38.2 Å². The summed E-state index contributed by atoms with van der Waals surface area (Å²) in [5, 5.41) is 15.9. The summed E-state index contributed by atoms with van der Waals surface area (Å²) in [6.45, 7) is 1.94. The molecule has 9 heteroatoms. The molecule has 2 amide bonds. The van der Waals surface area contributed by atoms with Crippen LogP contribution in [-0.2, 0) is 16.2 Å². The van der Waals surface area contributed by atoms with Gasteiger partial charge in [0.25, 0.3) is 11.8 Å². The second-order valence-corrected chi connectivity index (χ2v) is 12.0. The molecule has 2 heterocycles. The summed E-state index contributed by atoms with van der Waals surface area (Å²) < 4.78 is 7.74. The lowest BCUT2D eigenvalue weighted by atomic mass is 9.88. The normalized spacial score (nSPS) is 16.8. The van der Waals surface area contributed by atoms with E-state index in [2.05, 4.69) is 6.07 Å². The third-order valence-corrected chi connectivity index (χ3v) is 8.90. The van der Waals surface area contributed by atoms with Gasteiger partial charge >= 0.3 is 0 Å². The van der Waals surface area contributed by atoms with E-state index in [9.17, 15) is 14.9 Å². The number of para-hydroxylation sites is 1. The van der Waals surface area contributed by atoms with Crippen molar-refractivity contribution in [3.8, 4) is 28.8 Å². The Bertz CT molecular complexity index is 1860. The lowest BCUT2D eigenvalue weighted by molar-refractivity contribution is -0.143. The first-order chi connectivity index (χ1) is 21.8. The Morgan fingerprint density at radius 1 is 0.978 bits per heavy atom. The second-order valence-electron chi connectivity index (χ2n) is 11.2. The van der Waals surface area contributed by atoms with Crippen LogP contribution in [0.2, 0.25) is 10.0 Å². The van der Waals surface area contributed by atoms with Gasteiger partial charge < -0.3 is 4.74 Å². The van der Waals surface area contributed by atoms with Gasteiger partial charge in [0.15, 0.2) is 0 Å². The summed E-state index contributed by atoms with van der Waals surface area (Å²) in [6.07, 6.45) is 8.09. The van der Waals surface area contributed by atoms with Gasteiger partial charge in [-0.3, -0.25) is 14.5 Å². The number of halogens is 2. The number of carbonyl (C=O) groups excluding carboxylic acids is 2. The molecule has 0 atom stereocenters. The van der Waals surface area contributed by atoms with E-state index in [4.69, 9.17) is 33.0 Å². The Labute approximate surface area is 271 Å². The maximum absolute atomic E-state index is 13.9. The molecule has 4 aromatic rings. The zero-order chi connectivity index (χ0) is 31.5. The molecule has 0 unspecified atom stereocenters. The van der Waals surface area contributed by atoms with Crippen LogP contribution in [0, 0.1) is 11.3 Å². The van der Waals surface area contributed by atoms with Crippen LogP contribution in [0.4, 0.5) is 0 Å². The fourth-order valence-electron chi connectivity index (χ4n) is 5.87. The molecule has 3 aromatic carbocycles. The van der Waals surface area contributed by atoms with E-state index in [1.807, 2.05) is 66.9 Å². The number of nitrogens with zero attached hydrogens (tertiary/aromatic N) is 4. The molecule has 0 saturated heterocycles. The average Bonchev–Trinajstić information content (AvgIpc) is 3.48. The van der Waals surface area contributed by atoms with Crippen LogP contribution in [0.5, 0.6) is 5.75 Å². The van der Waals surface area contributed by atoms with E-state index < -0.39 is 5.91 Å². The van der Waals surface area contributed by atoms with Gasteiger partial charge in [-0.15, -0.1) is 0 Å². The first-order valence-corrected chi connectivity index (χ1v) is 15.6. The highest BCUT2D eigenvalue weighted by Crippen LogP contribution is 2.35. The van der Waals surface area contributed by atoms with Gasteiger partial charge in [0.1, 0.15) is 24.0 Å². The minimum atomic E-state index is -0.500. The number of nitriles is 1. The first-order valence-electron chi connectivity index (χ1n) is 14.9.